The van der Waals surface area contributed by atoms with Crippen molar-refractivity contribution in [3.63, 3.8) is 0 Å². The highest BCUT2D eigenvalue weighted by molar-refractivity contribution is 5.87. The van der Waals surface area contributed by atoms with Gasteiger partial charge in [-0.25, -0.2) is 4.79 Å². The summed E-state index contributed by atoms with van der Waals surface area (Å²) in [6.45, 7) is 6.53. The van der Waals surface area contributed by atoms with Gasteiger partial charge in [-0.2, -0.15) is 0 Å². The van der Waals surface area contributed by atoms with Crippen molar-refractivity contribution in [1.82, 2.24) is 4.57 Å². The summed E-state index contributed by atoms with van der Waals surface area (Å²) < 4.78 is 1.62. The maximum absolute atomic E-state index is 11.7. The van der Waals surface area contributed by atoms with Crippen LogP contribution in [-0.4, -0.2) is 15.6 Å². The van der Waals surface area contributed by atoms with Crippen LogP contribution in [0.15, 0.2) is 16.9 Å². The van der Waals surface area contributed by atoms with Crippen LogP contribution in [0.3, 0.4) is 0 Å². The fourth-order valence-corrected chi connectivity index (χ4v) is 1.72. The lowest BCUT2D eigenvalue weighted by Crippen LogP contribution is -2.24. The lowest BCUT2D eigenvalue weighted by molar-refractivity contribution is 0.0696. The Bertz CT molecular complexity index is 446. The molecule has 0 saturated carbocycles. The normalized spacial score (nSPS) is 10.8. The van der Waals surface area contributed by atoms with Crippen LogP contribution in [0.4, 0.5) is 0 Å². The van der Waals surface area contributed by atoms with Gasteiger partial charge >= 0.3 is 5.97 Å². The largest absolute Gasteiger partial charge is 0.478 e. The summed E-state index contributed by atoms with van der Waals surface area (Å²) in [5, 5.41) is 8.88. The average Bonchev–Trinajstić information content (AvgIpc) is 2.16. The van der Waals surface area contributed by atoms with Crippen molar-refractivity contribution in [2.75, 3.05) is 0 Å². The Morgan fingerprint density at radius 1 is 1.44 bits per heavy atom. The second kappa shape index (κ2) is 4.96. The van der Waals surface area contributed by atoms with E-state index in [4.69, 9.17) is 5.11 Å². The molecule has 0 aliphatic carbocycles. The smallest absolute Gasteiger partial charge is 0.335 e. The van der Waals surface area contributed by atoms with Crippen molar-refractivity contribution in [2.45, 2.75) is 33.7 Å². The monoisotopic (exact) mass is 223 g/mol. The predicted octanol–water partition coefficient (Wildman–Crippen LogP) is 1.76. The molecule has 1 N–H and O–H groups in total. The molecule has 4 nitrogen and oxygen atoms in total. The van der Waals surface area contributed by atoms with E-state index >= 15 is 0 Å². The van der Waals surface area contributed by atoms with Gasteiger partial charge in [-0.3, -0.25) is 4.79 Å². The highest BCUT2D eigenvalue weighted by atomic mass is 16.4. The Morgan fingerprint density at radius 3 is 2.50 bits per heavy atom. The fraction of sp³-hybridized carbons (Fsp3) is 0.500. The maximum Gasteiger partial charge on any atom is 0.335 e. The second-order valence-electron chi connectivity index (χ2n) is 4.22. The summed E-state index contributed by atoms with van der Waals surface area (Å²) in [4.78, 5) is 22.5. The zero-order valence-corrected chi connectivity index (χ0v) is 9.86. The molecule has 0 unspecified atom stereocenters. The van der Waals surface area contributed by atoms with Crippen LogP contribution in [-0.2, 0) is 13.0 Å². The molecular weight excluding hydrogens is 206 g/mol. The van der Waals surface area contributed by atoms with E-state index in [9.17, 15) is 9.59 Å². The second-order valence-corrected chi connectivity index (χ2v) is 4.22. The highest BCUT2D eigenvalue weighted by Crippen LogP contribution is 2.09. The first-order chi connectivity index (χ1) is 7.45. The Balaban J connectivity index is 3.31. The summed E-state index contributed by atoms with van der Waals surface area (Å²) in [7, 11) is 0. The lowest BCUT2D eigenvalue weighted by atomic mass is 10.1. The van der Waals surface area contributed by atoms with Gasteiger partial charge in [-0.05, 0) is 25.3 Å². The number of rotatable bonds is 4. The first-order valence-electron chi connectivity index (χ1n) is 5.42. The number of carbonyl (C=O) groups is 1. The van der Waals surface area contributed by atoms with Crippen LogP contribution >= 0.6 is 0 Å². The van der Waals surface area contributed by atoms with Gasteiger partial charge in [0.15, 0.2) is 0 Å². The third-order valence-corrected chi connectivity index (χ3v) is 2.39. The van der Waals surface area contributed by atoms with Crippen molar-refractivity contribution in [2.24, 2.45) is 5.92 Å². The Hall–Kier alpha value is -1.58. The third-order valence-electron chi connectivity index (χ3n) is 2.39. The van der Waals surface area contributed by atoms with Gasteiger partial charge in [0, 0.05) is 18.3 Å². The number of aromatic carboxylic acids is 1. The van der Waals surface area contributed by atoms with Crippen molar-refractivity contribution >= 4 is 5.97 Å². The first-order valence-corrected chi connectivity index (χ1v) is 5.42. The number of pyridine rings is 1. The van der Waals surface area contributed by atoms with Gasteiger partial charge in [0.25, 0.3) is 5.56 Å². The molecule has 1 aromatic rings. The Kier molecular flexibility index (Phi) is 3.88. The van der Waals surface area contributed by atoms with E-state index in [2.05, 4.69) is 0 Å². The van der Waals surface area contributed by atoms with Gasteiger partial charge in [-0.1, -0.05) is 13.8 Å². The number of carboxylic acids is 1. The minimum Gasteiger partial charge on any atom is -0.478 e. The number of hydrogen-bond acceptors (Lipinski definition) is 2. The first kappa shape index (κ1) is 12.5. The maximum atomic E-state index is 11.7. The molecule has 0 aromatic carbocycles. The molecule has 0 fully saturated rings. The van der Waals surface area contributed by atoms with E-state index in [1.54, 1.807) is 10.6 Å². The van der Waals surface area contributed by atoms with Crippen LogP contribution in [0, 0.1) is 5.92 Å². The molecule has 0 radical (unpaired) electrons. The third kappa shape index (κ3) is 2.72. The van der Waals surface area contributed by atoms with E-state index in [0.717, 1.165) is 5.69 Å². The summed E-state index contributed by atoms with van der Waals surface area (Å²) in [5.74, 6) is -0.661. The standard InChI is InChI=1S/C12H17NO3/c1-4-13-10(5-8(2)3)6-9(12(15)16)7-11(13)14/h6-8H,4-5H2,1-3H3,(H,15,16). The Labute approximate surface area is 94.5 Å². The molecule has 0 spiro atoms. The predicted molar refractivity (Wildman–Crippen MR) is 61.9 cm³/mol. The fourth-order valence-electron chi connectivity index (χ4n) is 1.72. The van der Waals surface area contributed by atoms with Crippen molar-refractivity contribution in [3.05, 3.63) is 33.7 Å². The molecule has 0 aliphatic rings. The van der Waals surface area contributed by atoms with Crippen LogP contribution in [0.5, 0.6) is 0 Å². The number of hydrogen-bond donors (Lipinski definition) is 1. The quantitative estimate of drug-likeness (QED) is 0.846. The average molecular weight is 223 g/mol. The summed E-state index contributed by atoms with van der Waals surface area (Å²) in [6.07, 6.45) is 0.712. The van der Waals surface area contributed by atoms with E-state index < -0.39 is 5.97 Å². The van der Waals surface area contributed by atoms with Crippen LogP contribution in [0.25, 0.3) is 0 Å². The molecule has 16 heavy (non-hydrogen) atoms. The minimum atomic E-state index is -1.05. The summed E-state index contributed by atoms with van der Waals surface area (Å²) in [5.41, 5.74) is 0.630. The Morgan fingerprint density at radius 2 is 2.06 bits per heavy atom. The van der Waals surface area contributed by atoms with Crippen LogP contribution in [0.2, 0.25) is 0 Å². The highest BCUT2D eigenvalue weighted by Gasteiger charge is 2.11. The van der Waals surface area contributed by atoms with Gasteiger partial charge in [0.05, 0.1) is 5.56 Å². The molecule has 1 heterocycles. The molecule has 0 saturated heterocycles. The summed E-state index contributed by atoms with van der Waals surface area (Å²) in [6, 6.07) is 2.77. The molecule has 1 rings (SSSR count). The van der Waals surface area contributed by atoms with Gasteiger partial charge in [-0.15, -0.1) is 0 Å². The molecule has 1 aromatic heterocycles. The molecule has 0 bridgehead atoms. The summed E-state index contributed by atoms with van der Waals surface area (Å²) >= 11 is 0. The molecule has 0 atom stereocenters. The molecular formula is C12H17NO3. The number of carboxylic acid groups (broad SMARTS) is 1. The van der Waals surface area contributed by atoms with Crippen LogP contribution < -0.4 is 5.56 Å². The topological polar surface area (TPSA) is 59.3 Å². The van der Waals surface area contributed by atoms with Gasteiger partial charge < -0.3 is 9.67 Å². The molecule has 0 aliphatic heterocycles. The minimum absolute atomic E-state index is 0.0744. The van der Waals surface area contributed by atoms with E-state index in [0.29, 0.717) is 18.9 Å². The van der Waals surface area contributed by atoms with E-state index in [-0.39, 0.29) is 11.1 Å². The molecule has 0 amide bonds. The molecule has 4 heteroatoms. The molecule has 88 valence electrons. The van der Waals surface area contributed by atoms with Gasteiger partial charge in [0.2, 0.25) is 0 Å². The van der Waals surface area contributed by atoms with Crippen molar-refractivity contribution < 1.29 is 9.90 Å². The van der Waals surface area contributed by atoms with Crippen molar-refractivity contribution in [1.29, 1.82) is 0 Å². The number of aromatic nitrogens is 1. The van der Waals surface area contributed by atoms with E-state index in [1.807, 2.05) is 20.8 Å². The van der Waals surface area contributed by atoms with E-state index in [1.165, 1.54) is 6.07 Å². The van der Waals surface area contributed by atoms with Gasteiger partial charge in [0.1, 0.15) is 0 Å². The lowest BCUT2D eigenvalue weighted by Gasteiger charge is -2.13. The number of nitrogens with zero attached hydrogens (tertiary/aromatic N) is 1. The SMILES string of the molecule is CCn1c(CC(C)C)cc(C(=O)O)cc1=O. The zero-order chi connectivity index (χ0) is 12.3. The van der Waals surface area contributed by atoms with Crippen LogP contribution in [0.1, 0.15) is 36.8 Å². The zero-order valence-electron chi connectivity index (χ0n) is 9.86. The van der Waals surface area contributed by atoms with Crippen molar-refractivity contribution in [3.8, 4) is 0 Å².